The molecule has 2 aromatic carbocycles. The molecular weight excluding hydrogens is 394 g/mol. The average molecular weight is 417 g/mol. The molecule has 8 nitrogen and oxygen atoms in total. The topological polar surface area (TPSA) is 105 Å². The first-order valence-electron chi connectivity index (χ1n) is 10.2. The Bertz CT molecular complexity index is 1260. The maximum Gasteiger partial charge on any atom is 0.258 e. The van der Waals surface area contributed by atoms with Crippen LogP contribution in [0, 0.1) is 6.92 Å². The largest absolute Gasteiger partial charge is 0.339 e. The van der Waals surface area contributed by atoms with Gasteiger partial charge < -0.3 is 14.4 Å². The number of amides is 1. The lowest BCUT2D eigenvalue weighted by Gasteiger charge is -2.20. The molecule has 1 N–H and O–H groups in total. The van der Waals surface area contributed by atoms with E-state index in [-0.39, 0.29) is 24.4 Å². The van der Waals surface area contributed by atoms with Crippen LogP contribution in [0.25, 0.3) is 22.3 Å². The number of hydrogen-bond donors (Lipinski definition) is 1. The van der Waals surface area contributed by atoms with Gasteiger partial charge in [-0.2, -0.15) is 4.98 Å². The molecule has 4 aromatic rings. The smallest absolute Gasteiger partial charge is 0.258 e. The van der Waals surface area contributed by atoms with Crippen LogP contribution < -0.4 is 5.56 Å². The lowest BCUT2D eigenvalue weighted by molar-refractivity contribution is -0.131. The Labute approximate surface area is 178 Å². The molecule has 31 heavy (non-hydrogen) atoms. The van der Waals surface area contributed by atoms with Gasteiger partial charge in [0.05, 0.1) is 17.4 Å². The molecule has 0 aliphatic carbocycles. The summed E-state index contributed by atoms with van der Waals surface area (Å²) in [4.78, 5) is 38.3. The summed E-state index contributed by atoms with van der Waals surface area (Å²) in [7, 11) is 0. The van der Waals surface area contributed by atoms with Crippen molar-refractivity contribution < 1.29 is 9.32 Å². The SMILES string of the molecule is CCN(Cc1nc2ccccc2c(=O)[nH]1)C(=O)CCc1nc(-c2ccc(C)cc2)no1. The van der Waals surface area contributed by atoms with Crippen molar-refractivity contribution in [2.24, 2.45) is 0 Å². The van der Waals surface area contributed by atoms with Crippen molar-refractivity contribution >= 4 is 16.8 Å². The third kappa shape index (κ3) is 4.69. The van der Waals surface area contributed by atoms with E-state index < -0.39 is 0 Å². The first-order chi connectivity index (χ1) is 15.0. The van der Waals surface area contributed by atoms with Gasteiger partial charge in [0, 0.05) is 24.9 Å². The molecule has 2 aromatic heterocycles. The van der Waals surface area contributed by atoms with E-state index in [9.17, 15) is 9.59 Å². The first kappa shape index (κ1) is 20.5. The Morgan fingerprint density at radius 3 is 2.65 bits per heavy atom. The van der Waals surface area contributed by atoms with Crippen molar-refractivity contribution in [2.75, 3.05) is 6.54 Å². The molecule has 0 fully saturated rings. The lowest BCUT2D eigenvalue weighted by atomic mass is 10.1. The first-order valence-corrected chi connectivity index (χ1v) is 10.2. The quantitative estimate of drug-likeness (QED) is 0.495. The standard InChI is InChI=1S/C23H23N5O3/c1-3-28(14-19-24-18-7-5-4-6-17(18)23(30)25-19)21(29)13-12-20-26-22(27-31-20)16-10-8-15(2)9-11-16/h4-11H,3,12-14H2,1-2H3,(H,24,25,30). The number of aromatic nitrogens is 4. The van der Waals surface area contributed by atoms with Gasteiger partial charge in [-0.25, -0.2) is 4.98 Å². The Hall–Kier alpha value is -3.81. The molecule has 2 heterocycles. The predicted octanol–water partition coefficient (Wildman–Crippen LogP) is 3.26. The molecule has 0 saturated heterocycles. The van der Waals surface area contributed by atoms with E-state index in [1.807, 2.05) is 44.2 Å². The Morgan fingerprint density at radius 1 is 1.10 bits per heavy atom. The minimum absolute atomic E-state index is 0.0756. The van der Waals surface area contributed by atoms with E-state index >= 15 is 0 Å². The number of fused-ring (bicyclic) bond motifs is 1. The summed E-state index contributed by atoms with van der Waals surface area (Å²) in [6.07, 6.45) is 0.567. The number of H-pyrrole nitrogens is 1. The third-order valence-corrected chi connectivity index (χ3v) is 5.07. The highest BCUT2D eigenvalue weighted by atomic mass is 16.5. The number of nitrogens with one attached hydrogen (secondary N) is 1. The van der Waals surface area contributed by atoms with Crippen molar-refractivity contribution in [1.29, 1.82) is 0 Å². The molecule has 1 amide bonds. The van der Waals surface area contributed by atoms with Gasteiger partial charge in [-0.05, 0) is 26.0 Å². The van der Waals surface area contributed by atoms with Crippen molar-refractivity contribution in [3.63, 3.8) is 0 Å². The normalized spacial score (nSPS) is 11.0. The Kier molecular flexibility index (Phi) is 5.88. The number of rotatable bonds is 7. The van der Waals surface area contributed by atoms with Crippen LogP contribution in [-0.2, 0) is 17.8 Å². The second kappa shape index (κ2) is 8.91. The number of para-hydroxylation sites is 1. The summed E-state index contributed by atoms with van der Waals surface area (Å²) in [5.41, 5.74) is 2.42. The number of benzene rings is 2. The minimum atomic E-state index is -0.210. The highest BCUT2D eigenvalue weighted by Crippen LogP contribution is 2.17. The fourth-order valence-corrected chi connectivity index (χ4v) is 3.32. The maximum absolute atomic E-state index is 12.7. The van der Waals surface area contributed by atoms with E-state index in [2.05, 4.69) is 20.1 Å². The van der Waals surface area contributed by atoms with E-state index in [0.29, 0.717) is 41.4 Å². The molecule has 4 rings (SSSR count). The second-order valence-corrected chi connectivity index (χ2v) is 7.32. The molecule has 0 bridgehead atoms. The van der Waals surface area contributed by atoms with Gasteiger partial charge in [0.15, 0.2) is 0 Å². The molecule has 0 spiro atoms. The number of aryl methyl sites for hydroxylation is 2. The number of carbonyl (C=O) groups excluding carboxylic acids is 1. The van der Waals surface area contributed by atoms with Crippen molar-refractivity contribution in [1.82, 2.24) is 25.0 Å². The zero-order valence-corrected chi connectivity index (χ0v) is 17.5. The van der Waals surface area contributed by atoms with E-state index in [1.54, 1.807) is 23.1 Å². The van der Waals surface area contributed by atoms with Crippen molar-refractivity contribution in [3.8, 4) is 11.4 Å². The van der Waals surface area contributed by atoms with Gasteiger partial charge in [0.1, 0.15) is 5.82 Å². The molecule has 0 radical (unpaired) electrons. The zero-order valence-electron chi connectivity index (χ0n) is 17.5. The van der Waals surface area contributed by atoms with Crippen molar-refractivity contribution in [3.05, 3.63) is 76.2 Å². The summed E-state index contributed by atoms with van der Waals surface area (Å²) in [6.45, 7) is 4.63. The lowest BCUT2D eigenvalue weighted by Crippen LogP contribution is -2.32. The number of hydrogen-bond acceptors (Lipinski definition) is 6. The van der Waals surface area contributed by atoms with Crippen LogP contribution in [-0.4, -0.2) is 37.5 Å². The van der Waals surface area contributed by atoms with E-state index in [4.69, 9.17) is 4.52 Å². The van der Waals surface area contributed by atoms with Gasteiger partial charge in [0.25, 0.3) is 5.56 Å². The van der Waals surface area contributed by atoms with Gasteiger partial charge in [-0.15, -0.1) is 0 Å². The van der Waals surface area contributed by atoms with Crippen molar-refractivity contribution in [2.45, 2.75) is 33.2 Å². The summed E-state index contributed by atoms with van der Waals surface area (Å²) < 4.78 is 5.30. The van der Waals surface area contributed by atoms with Crippen LogP contribution in [0.3, 0.4) is 0 Å². The molecule has 0 saturated carbocycles. The molecule has 8 heteroatoms. The fraction of sp³-hybridized carbons (Fsp3) is 0.261. The molecular formula is C23H23N5O3. The number of carbonyl (C=O) groups is 1. The van der Waals surface area contributed by atoms with Crippen LogP contribution in [0.1, 0.15) is 30.6 Å². The van der Waals surface area contributed by atoms with Crippen LogP contribution >= 0.6 is 0 Å². The van der Waals surface area contributed by atoms with Gasteiger partial charge in [-0.3, -0.25) is 9.59 Å². The summed E-state index contributed by atoms with van der Waals surface area (Å²) in [5, 5.41) is 4.53. The fourth-order valence-electron chi connectivity index (χ4n) is 3.32. The summed E-state index contributed by atoms with van der Waals surface area (Å²) in [5.74, 6) is 1.30. The highest BCUT2D eigenvalue weighted by Gasteiger charge is 2.16. The second-order valence-electron chi connectivity index (χ2n) is 7.32. The summed E-state index contributed by atoms with van der Waals surface area (Å²) in [6, 6.07) is 15.0. The van der Waals surface area contributed by atoms with E-state index in [0.717, 1.165) is 11.1 Å². The van der Waals surface area contributed by atoms with E-state index in [1.165, 1.54) is 0 Å². The van der Waals surface area contributed by atoms with Crippen LogP contribution in [0.4, 0.5) is 0 Å². The van der Waals surface area contributed by atoms with Crippen LogP contribution in [0.2, 0.25) is 0 Å². The number of aromatic amines is 1. The number of nitrogens with zero attached hydrogens (tertiary/aromatic N) is 4. The molecule has 158 valence electrons. The third-order valence-electron chi connectivity index (χ3n) is 5.07. The van der Waals surface area contributed by atoms with Gasteiger partial charge in [-0.1, -0.05) is 47.1 Å². The van der Waals surface area contributed by atoms with Gasteiger partial charge in [0.2, 0.25) is 17.6 Å². The van der Waals surface area contributed by atoms with Gasteiger partial charge >= 0.3 is 0 Å². The molecule has 0 aliphatic heterocycles. The Morgan fingerprint density at radius 2 is 1.87 bits per heavy atom. The minimum Gasteiger partial charge on any atom is -0.339 e. The molecule has 0 unspecified atom stereocenters. The summed E-state index contributed by atoms with van der Waals surface area (Å²) >= 11 is 0. The highest BCUT2D eigenvalue weighted by molar-refractivity contribution is 5.78. The average Bonchev–Trinajstić information content (AvgIpc) is 3.25. The predicted molar refractivity (Wildman–Crippen MR) is 116 cm³/mol. The van der Waals surface area contributed by atoms with Crippen LogP contribution in [0.15, 0.2) is 57.8 Å². The Balaban J connectivity index is 1.41. The molecule has 0 atom stereocenters. The maximum atomic E-state index is 12.7. The van der Waals surface area contributed by atoms with Crippen LogP contribution in [0.5, 0.6) is 0 Å². The zero-order chi connectivity index (χ0) is 21.8. The monoisotopic (exact) mass is 417 g/mol. The molecule has 0 aliphatic rings.